The van der Waals surface area contributed by atoms with Crippen LogP contribution in [0, 0.1) is 0 Å². The third kappa shape index (κ3) is 5.37. The van der Waals surface area contributed by atoms with E-state index in [0.29, 0.717) is 13.0 Å². The molecule has 0 rings (SSSR count). The summed E-state index contributed by atoms with van der Waals surface area (Å²) in [5.41, 5.74) is 5.59. The van der Waals surface area contributed by atoms with Crippen LogP contribution >= 0.6 is 0 Å². The van der Waals surface area contributed by atoms with Crippen LogP contribution in [0.25, 0.3) is 0 Å². The van der Waals surface area contributed by atoms with Gasteiger partial charge >= 0.3 is 0 Å². The Morgan fingerprint density at radius 2 is 2.00 bits per heavy atom. The van der Waals surface area contributed by atoms with Crippen molar-refractivity contribution in [3.05, 3.63) is 0 Å². The lowest BCUT2D eigenvalue weighted by Gasteiger charge is -2.16. The van der Waals surface area contributed by atoms with Crippen molar-refractivity contribution in [3.8, 4) is 0 Å². The number of carbonyl (C=O) groups is 2. The molecule has 5 nitrogen and oxygen atoms in total. The number of likely N-dealkylation sites (N-methyl/N-ethyl adjacent to an activating group) is 1. The van der Waals surface area contributed by atoms with Gasteiger partial charge in [0.2, 0.25) is 11.8 Å². The summed E-state index contributed by atoms with van der Waals surface area (Å²) in [5.74, 6) is -0.357. The molecule has 88 valence electrons. The standard InChI is InChI=1S/C10H21N3O2/c1-4-6-8(11)10(15)12-7-9(14)13(3)5-2/h8H,4-7,11H2,1-3H3,(H,12,15). The number of carbonyl (C=O) groups excluding carboxylic acids is 2. The molecule has 0 saturated carbocycles. The van der Waals surface area contributed by atoms with Crippen LogP contribution in [0.4, 0.5) is 0 Å². The highest BCUT2D eigenvalue weighted by molar-refractivity contribution is 5.87. The smallest absolute Gasteiger partial charge is 0.241 e. The molecule has 0 aliphatic heterocycles. The predicted molar refractivity (Wildman–Crippen MR) is 59.2 cm³/mol. The minimum atomic E-state index is -0.505. The molecule has 0 heterocycles. The van der Waals surface area contributed by atoms with Gasteiger partial charge in [0, 0.05) is 13.6 Å². The second-order valence-electron chi connectivity index (χ2n) is 3.52. The Morgan fingerprint density at radius 1 is 1.40 bits per heavy atom. The van der Waals surface area contributed by atoms with E-state index in [4.69, 9.17) is 5.73 Å². The van der Waals surface area contributed by atoms with Crippen LogP contribution in [0.15, 0.2) is 0 Å². The highest BCUT2D eigenvalue weighted by Crippen LogP contribution is 1.92. The van der Waals surface area contributed by atoms with Crippen LogP contribution in [0.5, 0.6) is 0 Å². The molecule has 0 saturated heterocycles. The summed E-state index contributed by atoms with van der Waals surface area (Å²) in [6.07, 6.45) is 1.50. The zero-order valence-electron chi connectivity index (χ0n) is 9.75. The highest BCUT2D eigenvalue weighted by Gasteiger charge is 2.14. The van der Waals surface area contributed by atoms with E-state index >= 15 is 0 Å². The summed E-state index contributed by atoms with van der Waals surface area (Å²) >= 11 is 0. The molecular weight excluding hydrogens is 194 g/mol. The first-order chi connectivity index (χ1) is 7.02. The first-order valence-electron chi connectivity index (χ1n) is 5.30. The molecule has 0 fully saturated rings. The average Bonchev–Trinajstić information content (AvgIpc) is 2.24. The molecule has 0 aliphatic rings. The highest BCUT2D eigenvalue weighted by atomic mass is 16.2. The van der Waals surface area contributed by atoms with E-state index in [0.717, 1.165) is 6.42 Å². The van der Waals surface area contributed by atoms with Crippen molar-refractivity contribution >= 4 is 11.8 Å². The molecule has 0 aromatic carbocycles. The number of hydrogen-bond acceptors (Lipinski definition) is 3. The van der Waals surface area contributed by atoms with Crippen molar-refractivity contribution in [1.82, 2.24) is 10.2 Å². The zero-order chi connectivity index (χ0) is 11.8. The zero-order valence-corrected chi connectivity index (χ0v) is 9.75. The van der Waals surface area contributed by atoms with Crippen LogP contribution in [0.2, 0.25) is 0 Å². The molecule has 1 atom stereocenters. The van der Waals surface area contributed by atoms with Crippen molar-refractivity contribution in [2.45, 2.75) is 32.7 Å². The van der Waals surface area contributed by atoms with E-state index in [1.807, 2.05) is 13.8 Å². The number of nitrogens with one attached hydrogen (secondary N) is 1. The maximum Gasteiger partial charge on any atom is 0.241 e. The Hall–Kier alpha value is -1.10. The van der Waals surface area contributed by atoms with E-state index in [-0.39, 0.29) is 18.4 Å². The summed E-state index contributed by atoms with van der Waals surface area (Å²) < 4.78 is 0. The summed E-state index contributed by atoms with van der Waals surface area (Å²) in [7, 11) is 1.69. The normalized spacial score (nSPS) is 12.0. The number of nitrogens with zero attached hydrogens (tertiary/aromatic N) is 1. The maximum atomic E-state index is 11.3. The van der Waals surface area contributed by atoms with Gasteiger partial charge in [-0.15, -0.1) is 0 Å². The summed E-state index contributed by atoms with van der Waals surface area (Å²) in [4.78, 5) is 24.2. The maximum absolute atomic E-state index is 11.3. The first-order valence-corrected chi connectivity index (χ1v) is 5.30. The molecule has 0 aromatic heterocycles. The van der Waals surface area contributed by atoms with Crippen LogP contribution in [-0.4, -0.2) is 42.9 Å². The fourth-order valence-corrected chi connectivity index (χ4v) is 1.05. The van der Waals surface area contributed by atoms with Crippen LogP contribution < -0.4 is 11.1 Å². The molecular formula is C10H21N3O2. The van der Waals surface area contributed by atoms with Crippen LogP contribution in [0.1, 0.15) is 26.7 Å². The quantitative estimate of drug-likeness (QED) is 0.639. The van der Waals surface area contributed by atoms with Gasteiger partial charge in [0.1, 0.15) is 0 Å². The molecule has 0 aliphatic carbocycles. The summed E-state index contributed by atoms with van der Waals surface area (Å²) in [6.45, 7) is 4.50. The minimum absolute atomic E-state index is 0.0284. The van der Waals surface area contributed by atoms with Gasteiger partial charge in [-0.25, -0.2) is 0 Å². The molecule has 1 unspecified atom stereocenters. The van der Waals surface area contributed by atoms with E-state index < -0.39 is 6.04 Å². The van der Waals surface area contributed by atoms with Gasteiger partial charge in [-0.05, 0) is 13.3 Å². The minimum Gasteiger partial charge on any atom is -0.346 e. The van der Waals surface area contributed by atoms with Gasteiger partial charge in [0.25, 0.3) is 0 Å². The summed E-state index contributed by atoms with van der Waals surface area (Å²) in [6, 6.07) is -0.505. The Kier molecular flexibility index (Phi) is 6.70. The lowest BCUT2D eigenvalue weighted by Crippen LogP contribution is -2.45. The van der Waals surface area contributed by atoms with Gasteiger partial charge in [-0.1, -0.05) is 13.3 Å². The second kappa shape index (κ2) is 7.23. The van der Waals surface area contributed by atoms with E-state index in [2.05, 4.69) is 5.32 Å². The molecule has 0 bridgehead atoms. The van der Waals surface area contributed by atoms with Crippen molar-refractivity contribution < 1.29 is 9.59 Å². The molecule has 0 aromatic rings. The topological polar surface area (TPSA) is 75.4 Å². The third-order valence-corrected chi connectivity index (χ3v) is 2.25. The van der Waals surface area contributed by atoms with Crippen molar-refractivity contribution in [1.29, 1.82) is 0 Å². The second-order valence-corrected chi connectivity index (χ2v) is 3.52. The van der Waals surface area contributed by atoms with E-state index in [1.165, 1.54) is 0 Å². The lowest BCUT2D eigenvalue weighted by molar-refractivity contribution is -0.132. The van der Waals surface area contributed by atoms with Crippen molar-refractivity contribution in [2.24, 2.45) is 5.73 Å². The van der Waals surface area contributed by atoms with Crippen LogP contribution in [0.3, 0.4) is 0 Å². The number of hydrogen-bond donors (Lipinski definition) is 2. The molecule has 2 amide bonds. The molecule has 0 spiro atoms. The molecule has 15 heavy (non-hydrogen) atoms. The Labute approximate surface area is 91.0 Å². The Balaban J connectivity index is 3.85. The average molecular weight is 215 g/mol. The van der Waals surface area contributed by atoms with Crippen molar-refractivity contribution in [3.63, 3.8) is 0 Å². The van der Waals surface area contributed by atoms with Gasteiger partial charge in [-0.3, -0.25) is 9.59 Å². The predicted octanol–water partition coefficient (Wildman–Crippen LogP) is -0.292. The van der Waals surface area contributed by atoms with E-state index in [9.17, 15) is 9.59 Å². The first kappa shape index (κ1) is 13.9. The van der Waals surface area contributed by atoms with E-state index in [1.54, 1.807) is 11.9 Å². The lowest BCUT2D eigenvalue weighted by atomic mass is 10.2. The SMILES string of the molecule is CCCC(N)C(=O)NCC(=O)N(C)CC. The summed E-state index contributed by atoms with van der Waals surface area (Å²) in [5, 5.41) is 2.53. The molecule has 5 heteroatoms. The number of amides is 2. The van der Waals surface area contributed by atoms with Gasteiger partial charge < -0.3 is 16.0 Å². The van der Waals surface area contributed by atoms with Gasteiger partial charge in [0.15, 0.2) is 0 Å². The monoisotopic (exact) mass is 215 g/mol. The number of rotatable bonds is 6. The third-order valence-electron chi connectivity index (χ3n) is 2.25. The Bertz CT molecular complexity index is 219. The molecule has 3 N–H and O–H groups in total. The van der Waals surface area contributed by atoms with Gasteiger partial charge in [0.05, 0.1) is 12.6 Å². The number of nitrogens with two attached hydrogens (primary N) is 1. The largest absolute Gasteiger partial charge is 0.346 e. The molecule has 0 radical (unpaired) electrons. The Morgan fingerprint density at radius 3 is 2.47 bits per heavy atom. The van der Waals surface area contributed by atoms with Crippen molar-refractivity contribution in [2.75, 3.05) is 20.1 Å². The fraction of sp³-hybridized carbons (Fsp3) is 0.800. The fourth-order valence-electron chi connectivity index (χ4n) is 1.05. The van der Waals surface area contributed by atoms with Crippen LogP contribution in [-0.2, 0) is 9.59 Å². The van der Waals surface area contributed by atoms with Gasteiger partial charge in [-0.2, -0.15) is 0 Å².